The number of methoxy groups -OCH3 is 1. The van der Waals surface area contributed by atoms with E-state index in [1.54, 1.807) is 0 Å². The van der Waals surface area contributed by atoms with E-state index in [1.807, 2.05) is 13.8 Å². The van der Waals surface area contributed by atoms with Gasteiger partial charge >= 0.3 is 5.97 Å². The Hall–Kier alpha value is -0.610. The molecule has 0 unspecified atom stereocenters. The van der Waals surface area contributed by atoms with Crippen LogP contribution in [0.5, 0.6) is 0 Å². The van der Waals surface area contributed by atoms with Crippen LogP contribution in [0, 0.1) is 5.92 Å². The average Bonchev–Trinajstić information content (AvgIpc) is 1.88. The maximum Gasteiger partial charge on any atom is 0.324 e. The van der Waals surface area contributed by atoms with E-state index in [0.29, 0.717) is 0 Å². The molecular weight excluding hydrogens is 132 g/mol. The van der Waals surface area contributed by atoms with Crippen LogP contribution in [0.15, 0.2) is 0 Å². The summed E-state index contributed by atoms with van der Waals surface area (Å²) in [7, 11) is 1.34. The van der Waals surface area contributed by atoms with Crippen LogP contribution in [-0.2, 0) is 9.53 Å². The van der Waals surface area contributed by atoms with Crippen LogP contribution in [0.1, 0.15) is 13.8 Å². The number of ether oxygens (including phenoxy) is 1. The van der Waals surface area contributed by atoms with Crippen LogP contribution in [0.2, 0.25) is 0 Å². The molecule has 4 nitrogen and oxygen atoms in total. The molecule has 0 aromatic carbocycles. The Kier molecular flexibility index (Phi) is 3.99. The average molecular weight is 146 g/mol. The van der Waals surface area contributed by atoms with Crippen LogP contribution < -0.4 is 11.3 Å². The zero-order chi connectivity index (χ0) is 8.15. The number of hydrogen-bond donors (Lipinski definition) is 2. The molecule has 0 rings (SSSR count). The van der Waals surface area contributed by atoms with E-state index < -0.39 is 6.04 Å². The first kappa shape index (κ1) is 9.39. The topological polar surface area (TPSA) is 64.3 Å². The molecule has 0 aliphatic carbocycles. The highest BCUT2D eigenvalue weighted by molar-refractivity contribution is 5.75. The van der Waals surface area contributed by atoms with Crippen molar-refractivity contribution in [1.82, 2.24) is 5.43 Å². The number of esters is 1. The fourth-order valence-corrected chi connectivity index (χ4v) is 0.660. The number of carbonyl (C=O) groups excluding carboxylic acids is 1. The Balaban J connectivity index is 3.93. The third kappa shape index (κ3) is 2.33. The first-order chi connectivity index (χ1) is 4.63. The summed E-state index contributed by atoms with van der Waals surface area (Å²) >= 11 is 0. The second kappa shape index (κ2) is 4.24. The van der Waals surface area contributed by atoms with Crippen molar-refractivity contribution in [2.24, 2.45) is 11.8 Å². The molecule has 60 valence electrons. The molecule has 0 fully saturated rings. The van der Waals surface area contributed by atoms with Crippen molar-refractivity contribution >= 4 is 5.97 Å². The maximum absolute atomic E-state index is 10.8. The third-order valence-electron chi connectivity index (χ3n) is 1.30. The third-order valence-corrected chi connectivity index (χ3v) is 1.30. The summed E-state index contributed by atoms with van der Waals surface area (Å²) < 4.78 is 4.48. The van der Waals surface area contributed by atoms with Crippen molar-refractivity contribution in [3.8, 4) is 0 Å². The fraction of sp³-hybridized carbons (Fsp3) is 0.833. The van der Waals surface area contributed by atoms with Crippen LogP contribution in [0.3, 0.4) is 0 Å². The van der Waals surface area contributed by atoms with Crippen molar-refractivity contribution in [3.05, 3.63) is 0 Å². The highest BCUT2D eigenvalue weighted by atomic mass is 16.5. The maximum atomic E-state index is 10.8. The smallest absolute Gasteiger partial charge is 0.324 e. The summed E-state index contributed by atoms with van der Waals surface area (Å²) in [5.74, 6) is 4.93. The van der Waals surface area contributed by atoms with E-state index >= 15 is 0 Å². The largest absolute Gasteiger partial charge is 0.468 e. The molecule has 3 N–H and O–H groups in total. The Labute approximate surface area is 60.7 Å². The molecule has 0 aliphatic rings. The molecule has 4 heteroatoms. The Morgan fingerprint density at radius 1 is 1.60 bits per heavy atom. The number of nitrogens with two attached hydrogens (primary N) is 1. The predicted molar refractivity (Wildman–Crippen MR) is 38.0 cm³/mol. The minimum absolute atomic E-state index is 0.150. The quantitative estimate of drug-likeness (QED) is 0.324. The minimum Gasteiger partial charge on any atom is -0.468 e. The second-order valence-electron chi connectivity index (χ2n) is 2.41. The highest BCUT2D eigenvalue weighted by Crippen LogP contribution is 2.00. The Morgan fingerprint density at radius 3 is 2.20 bits per heavy atom. The first-order valence-electron chi connectivity index (χ1n) is 3.17. The lowest BCUT2D eigenvalue weighted by Gasteiger charge is -2.16. The molecule has 0 heterocycles. The van der Waals surface area contributed by atoms with Gasteiger partial charge in [0.1, 0.15) is 6.04 Å². The van der Waals surface area contributed by atoms with Gasteiger partial charge in [-0.2, -0.15) is 0 Å². The molecule has 0 aliphatic heterocycles. The van der Waals surface area contributed by atoms with E-state index in [9.17, 15) is 4.79 Å². The van der Waals surface area contributed by atoms with E-state index in [1.165, 1.54) is 7.11 Å². The van der Waals surface area contributed by atoms with Gasteiger partial charge in [0.15, 0.2) is 0 Å². The summed E-state index contributed by atoms with van der Waals surface area (Å²) in [5.41, 5.74) is 2.38. The zero-order valence-electron chi connectivity index (χ0n) is 6.55. The molecule has 1 atom stereocenters. The Morgan fingerprint density at radius 2 is 2.10 bits per heavy atom. The molecule has 0 amide bonds. The normalized spacial score (nSPS) is 13.3. The van der Waals surface area contributed by atoms with Gasteiger partial charge in [0.2, 0.25) is 0 Å². The molecular formula is C6H14N2O2. The van der Waals surface area contributed by atoms with Crippen molar-refractivity contribution in [3.63, 3.8) is 0 Å². The SMILES string of the molecule is COC(=O)[C@H](NN)C(C)C. The molecule has 0 bridgehead atoms. The van der Waals surface area contributed by atoms with Crippen molar-refractivity contribution < 1.29 is 9.53 Å². The van der Waals surface area contributed by atoms with Crippen molar-refractivity contribution in [2.75, 3.05) is 7.11 Å². The predicted octanol–water partition coefficient (Wildman–Crippen LogP) is -0.353. The lowest BCUT2D eigenvalue weighted by atomic mass is 10.1. The first-order valence-corrected chi connectivity index (χ1v) is 3.17. The van der Waals surface area contributed by atoms with Gasteiger partial charge < -0.3 is 4.74 Å². The number of nitrogens with one attached hydrogen (secondary N) is 1. The summed E-state index contributed by atoms with van der Waals surface area (Å²) in [4.78, 5) is 10.8. The summed E-state index contributed by atoms with van der Waals surface area (Å²) in [6, 6.07) is -0.398. The minimum atomic E-state index is -0.398. The summed E-state index contributed by atoms with van der Waals surface area (Å²) in [5, 5.41) is 0. The number of carbonyl (C=O) groups is 1. The van der Waals surface area contributed by atoms with Crippen LogP contribution in [0.4, 0.5) is 0 Å². The lowest BCUT2D eigenvalue weighted by Crippen LogP contribution is -2.45. The van der Waals surface area contributed by atoms with Gasteiger partial charge in [-0.25, -0.2) is 5.43 Å². The molecule has 0 aromatic heterocycles. The van der Waals surface area contributed by atoms with Gasteiger partial charge in [0.05, 0.1) is 7.11 Å². The summed E-state index contributed by atoms with van der Waals surface area (Å²) in [6.07, 6.45) is 0. The van der Waals surface area contributed by atoms with Gasteiger partial charge in [0.25, 0.3) is 0 Å². The van der Waals surface area contributed by atoms with Gasteiger partial charge in [-0.15, -0.1) is 0 Å². The van der Waals surface area contributed by atoms with Crippen molar-refractivity contribution in [2.45, 2.75) is 19.9 Å². The van der Waals surface area contributed by atoms with Crippen LogP contribution in [0.25, 0.3) is 0 Å². The Bertz CT molecular complexity index is 114. The summed E-state index contributed by atoms with van der Waals surface area (Å²) in [6.45, 7) is 3.78. The van der Waals surface area contributed by atoms with E-state index in [2.05, 4.69) is 10.2 Å². The van der Waals surface area contributed by atoms with E-state index in [0.717, 1.165) is 0 Å². The van der Waals surface area contributed by atoms with E-state index in [4.69, 9.17) is 5.84 Å². The van der Waals surface area contributed by atoms with Crippen LogP contribution >= 0.6 is 0 Å². The second-order valence-corrected chi connectivity index (χ2v) is 2.41. The molecule has 0 aromatic rings. The highest BCUT2D eigenvalue weighted by Gasteiger charge is 2.20. The zero-order valence-corrected chi connectivity index (χ0v) is 6.55. The number of hydrazine groups is 1. The standard InChI is InChI=1S/C6H14N2O2/c1-4(2)5(8-7)6(9)10-3/h4-5,8H,7H2,1-3H3/t5-/m1/s1. The number of rotatable bonds is 3. The van der Waals surface area contributed by atoms with Gasteiger partial charge in [0, 0.05) is 0 Å². The molecule has 0 radical (unpaired) electrons. The molecule has 0 spiro atoms. The fourth-order valence-electron chi connectivity index (χ4n) is 0.660. The monoisotopic (exact) mass is 146 g/mol. The van der Waals surface area contributed by atoms with Gasteiger partial charge in [-0.3, -0.25) is 10.6 Å². The van der Waals surface area contributed by atoms with Crippen molar-refractivity contribution in [1.29, 1.82) is 0 Å². The van der Waals surface area contributed by atoms with Gasteiger partial charge in [-0.05, 0) is 5.92 Å². The molecule has 0 saturated carbocycles. The van der Waals surface area contributed by atoms with E-state index in [-0.39, 0.29) is 11.9 Å². The van der Waals surface area contributed by atoms with Gasteiger partial charge in [-0.1, -0.05) is 13.8 Å². The lowest BCUT2D eigenvalue weighted by molar-refractivity contribution is -0.144. The molecule has 10 heavy (non-hydrogen) atoms. The number of hydrogen-bond acceptors (Lipinski definition) is 4. The van der Waals surface area contributed by atoms with Crippen LogP contribution in [-0.4, -0.2) is 19.1 Å². The molecule has 0 saturated heterocycles.